The van der Waals surface area contributed by atoms with Gasteiger partial charge < -0.3 is 5.32 Å². The van der Waals surface area contributed by atoms with Crippen LogP contribution in [0.25, 0.3) is 0 Å². The summed E-state index contributed by atoms with van der Waals surface area (Å²) in [4.78, 5) is 1.09. The minimum Gasteiger partial charge on any atom is -0.316 e. The molecule has 0 aliphatic heterocycles. The summed E-state index contributed by atoms with van der Waals surface area (Å²) in [7, 11) is -3.40. The first-order chi connectivity index (χ1) is 10.1. The van der Waals surface area contributed by atoms with Crippen molar-refractivity contribution in [3.8, 4) is 0 Å². The Morgan fingerprint density at radius 2 is 2.05 bits per heavy atom. The molecule has 7 heteroatoms. The fourth-order valence-electron chi connectivity index (χ4n) is 1.79. The van der Waals surface area contributed by atoms with E-state index in [0.29, 0.717) is 10.8 Å². The molecular formula is C14H20N2O2S3. The molecule has 0 unspecified atom stereocenters. The van der Waals surface area contributed by atoms with Gasteiger partial charge >= 0.3 is 0 Å². The minimum absolute atomic E-state index is 0.344. The van der Waals surface area contributed by atoms with Gasteiger partial charge in [-0.3, -0.25) is 0 Å². The van der Waals surface area contributed by atoms with Crippen molar-refractivity contribution in [1.82, 2.24) is 10.0 Å². The molecule has 0 aromatic carbocycles. The summed E-state index contributed by atoms with van der Waals surface area (Å²) in [5.74, 6) is 0. The lowest BCUT2D eigenvalue weighted by atomic mass is 10.3. The van der Waals surface area contributed by atoms with E-state index >= 15 is 0 Å². The first-order valence-corrected chi connectivity index (χ1v) is 10.2. The Morgan fingerprint density at radius 1 is 1.19 bits per heavy atom. The van der Waals surface area contributed by atoms with Gasteiger partial charge in [0.25, 0.3) is 0 Å². The van der Waals surface area contributed by atoms with Crippen LogP contribution in [-0.2, 0) is 23.0 Å². The summed E-state index contributed by atoms with van der Waals surface area (Å²) in [5.41, 5.74) is 0.990. The van der Waals surface area contributed by atoms with E-state index < -0.39 is 10.0 Å². The van der Waals surface area contributed by atoms with Gasteiger partial charge in [0.2, 0.25) is 10.0 Å². The van der Waals surface area contributed by atoms with Gasteiger partial charge in [-0.05, 0) is 60.5 Å². The highest BCUT2D eigenvalue weighted by molar-refractivity contribution is 7.91. The summed E-state index contributed by atoms with van der Waals surface area (Å²) >= 11 is 2.91. The summed E-state index contributed by atoms with van der Waals surface area (Å²) < 4.78 is 27.4. The fourth-order valence-corrected chi connectivity index (χ4v) is 4.88. The van der Waals surface area contributed by atoms with Crippen molar-refractivity contribution in [3.05, 3.63) is 39.4 Å². The summed E-state index contributed by atoms with van der Waals surface area (Å²) in [6, 6.07) is 5.51. The molecule has 2 N–H and O–H groups in total. The molecule has 0 radical (unpaired) electrons. The van der Waals surface area contributed by atoms with E-state index in [-0.39, 0.29) is 0 Å². The molecule has 0 aliphatic carbocycles. The average molecular weight is 345 g/mol. The molecule has 0 aliphatic rings. The smallest absolute Gasteiger partial charge is 0.250 e. The van der Waals surface area contributed by atoms with Crippen LogP contribution in [0, 0.1) is 0 Å². The van der Waals surface area contributed by atoms with Crippen molar-refractivity contribution in [2.75, 3.05) is 13.1 Å². The lowest BCUT2D eigenvalue weighted by Gasteiger charge is -2.03. The van der Waals surface area contributed by atoms with E-state index in [2.05, 4.69) is 17.0 Å². The quantitative estimate of drug-likeness (QED) is 0.688. The predicted octanol–water partition coefficient (Wildman–Crippen LogP) is 2.83. The molecule has 2 aromatic rings. The molecule has 0 spiro atoms. The van der Waals surface area contributed by atoms with Crippen molar-refractivity contribution >= 4 is 32.7 Å². The number of hydrogen-bond acceptors (Lipinski definition) is 5. The SMILES string of the molecule is CCCNCCc1ccc(S(=O)(=O)NCc2ccsc2)s1. The fraction of sp³-hybridized carbons (Fsp3) is 0.429. The molecule has 116 valence electrons. The van der Waals surface area contributed by atoms with Gasteiger partial charge in [0.1, 0.15) is 4.21 Å². The Hall–Kier alpha value is -0.730. The van der Waals surface area contributed by atoms with E-state index in [0.717, 1.165) is 36.4 Å². The van der Waals surface area contributed by atoms with Crippen LogP contribution in [0.3, 0.4) is 0 Å². The first-order valence-electron chi connectivity index (χ1n) is 6.92. The van der Waals surface area contributed by atoms with Gasteiger partial charge in [0.05, 0.1) is 0 Å². The van der Waals surface area contributed by atoms with Crippen molar-refractivity contribution < 1.29 is 8.42 Å². The molecule has 4 nitrogen and oxygen atoms in total. The second-order valence-corrected chi connectivity index (χ2v) is 8.62. The van der Waals surface area contributed by atoms with E-state index in [9.17, 15) is 8.42 Å². The van der Waals surface area contributed by atoms with Gasteiger partial charge in [-0.1, -0.05) is 6.92 Å². The number of hydrogen-bond donors (Lipinski definition) is 2. The van der Waals surface area contributed by atoms with E-state index in [4.69, 9.17) is 0 Å². The largest absolute Gasteiger partial charge is 0.316 e. The number of rotatable bonds is 9. The number of sulfonamides is 1. The van der Waals surface area contributed by atoms with Gasteiger partial charge in [-0.2, -0.15) is 11.3 Å². The predicted molar refractivity (Wildman–Crippen MR) is 89.5 cm³/mol. The molecule has 2 rings (SSSR count). The monoisotopic (exact) mass is 344 g/mol. The Bertz CT molecular complexity index is 633. The minimum atomic E-state index is -3.40. The maximum Gasteiger partial charge on any atom is 0.250 e. The van der Waals surface area contributed by atoms with Crippen LogP contribution in [-0.4, -0.2) is 21.5 Å². The van der Waals surface area contributed by atoms with Gasteiger partial charge in [-0.15, -0.1) is 11.3 Å². The molecule has 21 heavy (non-hydrogen) atoms. The molecule has 2 aromatic heterocycles. The zero-order valence-electron chi connectivity index (χ0n) is 12.0. The molecule has 0 saturated carbocycles. The molecular weight excluding hydrogens is 324 g/mol. The van der Waals surface area contributed by atoms with Crippen LogP contribution >= 0.6 is 22.7 Å². The standard InChI is InChI=1S/C14H20N2O2S3/c1-2-7-15-8-5-13-3-4-14(20-13)21(17,18)16-10-12-6-9-19-11-12/h3-4,6,9,11,15-16H,2,5,7-8,10H2,1H3. The maximum atomic E-state index is 12.2. The van der Waals surface area contributed by atoms with Crippen molar-refractivity contribution in [2.24, 2.45) is 0 Å². The normalized spacial score (nSPS) is 11.9. The van der Waals surface area contributed by atoms with Crippen molar-refractivity contribution in [2.45, 2.75) is 30.5 Å². The van der Waals surface area contributed by atoms with Crippen LogP contribution in [0.4, 0.5) is 0 Å². The third-order valence-electron chi connectivity index (χ3n) is 2.92. The van der Waals surface area contributed by atoms with Crippen molar-refractivity contribution in [1.29, 1.82) is 0 Å². The van der Waals surface area contributed by atoms with Crippen molar-refractivity contribution in [3.63, 3.8) is 0 Å². The first kappa shape index (κ1) is 16.6. The third-order valence-corrected chi connectivity index (χ3v) is 6.69. The number of thiophene rings is 2. The maximum absolute atomic E-state index is 12.2. The zero-order valence-corrected chi connectivity index (χ0v) is 14.4. The summed E-state index contributed by atoms with van der Waals surface area (Å²) in [6.45, 7) is 4.36. The zero-order chi connectivity index (χ0) is 15.1. The Balaban J connectivity index is 1.89. The molecule has 0 saturated heterocycles. The van der Waals surface area contributed by atoms with Crippen LogP contribution in [0.15, 0.2) is 33.2 Å². The molecule has 0 fully saturated rings. The lowest BCUT2D eigenvalue weighted by Crippen LogP contribution is -2.22. The highest BCUT2D eigenvalue weighted by Crippen LogP contribution is 2.22. The van der Waals surface area contributed by atoms with Gasteiger partial charge in [0, 0.05) is 11.4 Å². The van der Waals surface area contributed by atoms with Crippen LogP contribution < -0.4 is 10.0 Å². The summed E-state index contributed by atoms with van der Waals surface area (Å²) in [6.07, 6.45) is 1.97. The molecule has 0 bridgehead atoms. The topological polar surface area (TPSA) is 58.2 Å². The lowest BCUT2D eigenvalue weighted by molar-refractivity contribution is 0.583. The number of nitrogens with one attached hydrogen (secondary N) is 2. The van der Waals surface area contributed by atoms with E-state index in [1.54, 1.807) is 17.4 Å². The van der Waals surface area contributed by atoms with Crippen LogP contribution in [0.1, 0.15) is 23.8 Å². The third kappa shape index (κ3) is 5.19. The Kier molecular flexibility index (Phi) is 6.38. The highest BCUT2D eigenvalue weighted by Gasteiger charge is 2.16. The van der Waals surface area contributed by atoms with Gasteiger partial charge in [-0.25, -0.2) is 13.1 Å². The Morgan fingerprint density at radius 3 is 2.76 bits per heavy atom. The molecule has 2 heterocycles. The molecule has 0 amide bonds. The molecule has 0 atom stereocenters. The highest BCUT2D eigenvalue weighted by atomic mass is 32.2. The average Bonchev–Trinajstić information content (AvgIpc) is 3.13. The summed E-state index contributed by atoms with van der Waals surface area (Å²) in [5, 5.41) is 7.20. The second-order valence-electron chi connectivity index (χ2n) is 4.68. The van der Waals surface area contributed by atoms with E-state index in [1.165, 1.54) is 11.3 Å². The van der Waals surface area contributed by atoms with Gasteiger partial charge in [0.15, 0.2) is 0 Å². The van der Waals surface area contributed by atoms with Crippen LogP contribution in [0.2, 0.25) is 0 Å². The van der Waals surface area contributed by atoms with Crippen LogP contribution in [0.5, 0.6) is 0 Å². The Labute approximate surface area is 134 Å². The second kappa shape index (κ2) is 8.05. The van der Waals surface area contributed by atoms with E-state index in [1.807, 2.05) is 22.9 Å².